The molecule has 0 saturated carbocycles. The zero-order valence-electron chi connectivity index (χ0n) is 16.6. The Morgan fingerprint density at radius 3 is 2.14 bits per heavy atom. The van der Waals surface area contributed by atoms with Crippen LogP contribution in [0.4, 0.5) is 5.69 Å². The van der Waals surface area contributed by atoms with Crippen molar-refractivity contribution in [2.45, 2.75) is 19.4 Å². The van der Waals surface area contributed by atoms with E-state index >= 15 is 0 Å². The summed E-state index contributed by atoms with van der Waals surface area (Å²) in [6.45, 7) is 0.914. The lowest BCUT2D eigenvalue weighted by Gasteiger charge is -2.17. The average molecular weight is 400 g/mol. The van der Waals surface area contributed by atoms with Gasteiger partial charge in [0.2, 0.25) is 5.91 Å². The van der Waals surface area contributed by atoms with Gasteiger partial charge in [-0.15, -0.1) is 0 Å². The SMILES string of the molecule is COc1cc(NC(=O)COC(=O)C[C@@H](NC(C)=O)c2ccccc2)cc(OC)c1. The van der Waals surface area contributed by atoms with Crippen LogP contribution in [0.25, 0.3) is 0 Å². The van der Waals surface area contributed by atoms with Gasteiger partial charge in [0.25, 0.3) is 5.91 Å². The third kappa shape index (κ3) is 7.17. The summed E-state index contributed by atoms with van der Waals surface area (Å²) in [5.74, 6) is -0.359. The van der Waals surface area contributed by atoms with Gasteiger partial charge in [0.1, 0.15) is 11.5 Å². The summed E-state index contributed by atoms with van der Waals surface area (Å²) in [7, 11) is 3.00. The largest absolute Gasteiger partial charge is 0.497 e. The van der Waals surface area contributed by atoms with Gasteiger partial charge in [0.05, 0.1) is 26.7 Å². The molecule has 0 radical (unpaired) electrons. The first kappa shape index (κ1) is 21.7. The molecule has 0 heterocycles. The van der Waals surface area contributed by atoms with E-state index in [1.807, 2.05) is 18.2 Å². The molecule has 2 rings (SSSR count). The highest BCUT2D eigenvalue weighted by Crippen LogP contribution is 2.25. The number of hydrogen-bond donors (Lipinski definition) is 2. The number of methoxy groups -OCH3 is 2. The smallest absolute Gasteiger partial charge is 0.308 e. The van der Waals surface area contributed by atoms with Gasteiger partial charge < -0.3 is 24.8 Å². The van der Waals surface area contributed by atoms with Crippen LogP contribution in [0, 0.1) is 0 Å². The first-order valence-corrected chi connectivity index (χ1v) is 8.92. The maximum atomic E-state index is 12.2. The van der Waals surface area contributed by atoms with Crippen LogP contribution in [0.15, 0.2) is 48.5 Å². The molecule has 0 fully saturated rings. The van der Waals surface area contributed by atoms with Crippen LogP contribution in [0.3, 0.4) is 0 Å². The normalized spacial score (nSPS) is 11.1. The molecule has 0 aliphatic heterocycles. The van der Waals surface area contributed by atoms with Crippen molar-refractivity contribution < 1.29 is 28.6 Å². The minimum Gasteiger partial charge on any atom is -0.497 e. The predicted octanol–water partition coefficient (Wildman–Crippen LogP) is 2.45. The molecule has 2 aromatic rings. The molecule has 0 aromatic heterocycles. The fourth-order valence-electron chi connectivity index (χ4n) is 2.63. The Kier molecular flexibility index (Phi) is 8.02. The molecular formula is C21H24N2O6. The molecule has 29 heavy (non-hydrogen) atoms. The molecular weight excluding hydrogens is 376 g/mol. The first-order valence-electron chi connectivity index (χ1n) is 8.92. The summed E-state index contributed by atoms with van der Waals surface area (Å²) in [6, 6.07) is 13.4. The van der Waals surface area contributed by atoms with E-state index in [0.29, 0.717) is 17.2 Å². The van der Waals surface area contributed by atoms with Gasteiger partial charge in [-0.3, -0.25) is 14.4 Å². The fraction of sp³-hybridized carbons (Fsp3) is 0.286. The van der Waals surface area contributed by atoms with E-state index < -0.39 is 24.5 Å². The number of carbonyl (C=O) groups excluding carboxylic acids is 3. The Labute approximate surface area is 169 Å². The van der Waals surface area contributed by atoms with Crippen LogP contribution in [-0.4, -0.2) is 38.6 Å². The van der Waals surface area contributed by atoms with Crippen molar-refractivity contribution in [3.63, 3.8) is 0 Å². The Morgan fingerprint density at radius 2 is 1.59 bits per heavy atom. The lowest BCUT2D eigenvalue weighted by Crippen LogP contribution is -2.29. The number of benzene rings is 2. The van der Waals surface area contributed by atoms with Crippen LogP contribution in [0.2, 0.25) is 0 Å². The van der Waals surface area contributed by atoms with Crippen molar-refractivity contribution in [1.29, 1.82) is 0 Å². The van der Waals surface area contributed by atoms with Crippen LogP contribution in [-0.2, 0) is 19.1 Å². The highest BCUT2D eigenvalue weighted by atomic mass is 16.5. The second kappa shape index (κ2) is 10.7. The number of nitrogens with one attached hydrogen (secondary N) is 2. The first-order chi connectivity index (χ1) is 13.9. The molecule has 0 spiro atoms. The van der Waals surface area contributed by atoms with E-state index in [1.54, 1.807) is 30.3 Å². The van der Waals surface area contributed by atoms with Crippen molar-refractivity contribution in [2.75, 3.05) is 26.1 Å². The summed E-state index contributed by atoms with van der Waals surface area (Å²) < 4.78 is 15.3. The molecule has 2 amide bonds. The van der Waals surface area contributed by atoms with Gasteiger partial charge >= 0.3 is 5.97 Å². The van der Waals surface area contributed by atoms with Gasteiger partial charge in [-0.1, -0.05) is 30.3 Å². The molecule has 2 N–H and O–H groups in total. The fourth-order valence-corrected chi connectivity index (χ4v) is 2.63. The number of esters is 1. The zero-order valence-corrected chi connectivity index (χ0v) is 16.6. The maximum absolute atomic E-state index is 12.2. The van der Waals surface area contributed by atoms with Gasteiger partial charge in [0.15, 0.2) is 6.61 Å². The number of hydrogen-bond acceptors (Lipinski definition) is 6. The second-order valence-electron chi connectivity index (χ2n) is 6.18. The van der Waals surface area contributed by atoms with Crippen LogP contribution in [0.1, 0.15) is 24.9 Å². The molecule has 8 heteroatoms. The molecule has 2 aromatic carbocycles. The number of anilines is 1. The van der Waals surface area contributed by atoms with E-state index in [1.165, 1.54) is 21.1 Å². The highest BCUT2D eigenvalue weighted by molar-refractivity contribution is 5.93. The van der Waals surface area contributed by atoms with Crippen LogP contribution in [0.5, 0.6) is 11.5 Å². The van der Waals surface area contributed by atoms with Crippen molar-refractivity contribution in [2.24, 2.45) is 0 Å². The van der Waals surface area contributed by atoms with Crippen molar-refractivity contribution >= 4 is 23.5 Å². The molecule has 154 valence electrons. The minimum absolute atomic E-state index is 0.0934. The lowest BCUT2D eigenvalue weighted by atomic mass is 10.0. The highest BCUT2D eigenvalue weighted by Gasteiger charge is 2.19. The molecule has 0 aliphatic rings. The molecule has 0 aliphatic carbocycles. The predicted molar refractivity (Wildman–Crippen MR) is 107 cm³/mol. The number of carbonyl (C=O) groups is 3. The average Bonchev–Trinajstić information content (AvgIpc) is 2.71. The summed E-state index contributed by atoms with van der Waals surface area (Å²) >= 11 is 0. The standard InChI is InChI=1S/C21H24N2O6/c1-14(24)22-19(15-7-5-4-6-8-15)12-21(26)29-13-20(25)23-16-9-17(27-2)11-18(10-16)28-3/h4-11,19H,12-13H2,1-3H3,(H,22,24)(H,23,25)/t19-/m1/s1. The van der Waals surface area contributed by atoms with Gasteiger partial charge in [0, 0.05) is 30.8 Å². The third-order valence-electron chi connectivity index (χ3n) is 3.95. The summed E-state index contributed by atoms with van der Waals surface area (Å²) in [6.07, 6.45) is -0.0934. The summed E-state index contributed by atoms with van der Waals surface area (Å²) in [5, 5.41) is 5.33. The zero-order chi connectivity index (χ0) is 21.2. The Balaban J connectivity index is 1.92. The number of ether oxygens (including phenoxy) is 3. The number of amides is 2. The molecule has 0 unspecified atom stereocenters. The lowest BCUT2D eigenvalue weighted by molar-refractivity contribution is -0.148. The Morgan fingerprint density at radius 1 is 0.966 bits per heavy atom. The van der Waals surface area contributed by atoms with Crippen LogP contribution < -0.4 is 20.1 Å². The van der Waals surface area contributed by atoms with Crippen molar-refractivity contribution in [3.8, 4) is 11.5 Å². The summed E-state index contributed by atoms with van der Waals surface area (Å²) in [5.41, 5.74) is 1.22. The van der Waals surface area contributed by atoms with Gasteiger partial charge in [-0.2, -0.15) is 0 Å². The van der Waals surface area contributed by atoms with E-state index in [0.717, 1.165) is 5.56 Å². The van der Waals surface area contributed by atoms with E-state index in [2.05, 4.69) is 10.6 Å². The Bertz CT molecular complexity index is 831. The quantitative estimate of drug-likeness (QED) is 0.627. The van der Waals surface area contributed by atoms with Crippen molar-refractivity contribution in [3.05, 3.63) is 54.1 Å². The van der Waals surface area contributed by atoms with E-state index in [4.69, 9.17) is 14.2 Å². The molecule has 0 saturated heterocycles. The van der Waals surface area contributed by atoms with E-state index in [-0.39, 0.29) is 12.3 Å². The van der Waals surface area contributed by atoms with Crippen molar-refractivity contribution in [1.82, 2.24) is 5.32 Å². The monoisotopic (exact) mass is 400 g/mol. The van der Waals surface area contributed by atoms with E-state index in [9.17, 15) is 14.4 Å². The van der Waals surface area contributed by atoms with Gasteiger partial charge in [-0.05, 0) is 5.56 Å². The minimum atomic E-state index is -0.606. The topological polar surface area (TPSA) is 103 Å². The second-order valence-corrected chi connectivity index (χ2v) is 6.18. The molecule has 0 bridgehead atoms. The van der Waals surface area contributed by atoms with Crippen LogP contribution >= 0.6 is 0 Å². The Hall–Kier alpha value is -3.55. The maximum Gasteiger partial charge on any atom is 0.308 e. The molecule has 8 nitrogen and oxygen atoms in total. The molecule has 1 atom stereocenters. The van der Waals surface area contributed by atoms with Gasteiger partial charge in [-0.25, -0.2) is 0 Å². The third-order valence-corrected chi connectivity index (χ3v) is 3.95. The number of rotatable bonds is 9. The summed E-state index contributed by atoms with van der Waals surface area (Å²) in [4.78, 5) is 35.7.